The second-order valence-electron chi connectivity index (χ2n) is 11.2. The van der Waals surface area contributed by atoms with Gasteiger partial charge in [-0.05, 0) is 25.2 Å². The Balaban J connectivity index is 4.15. The Morgan fingerprint density at radius 2 is 0.806 bits per heavy atom. The van der Waals surface area contributed by atoms with Crippen molar-refractivity contribution in [1.82, 2.24) is 0 Å². The maximum Gasteiger partial charge on any atom is 0.330 e. The monoisotopic (exact) mass is 530 g/mol. The van der Waals surface area contributed by atoms with Crippen LogP contribution in [0.15, 0.2) is 0 Å². The van der Waals surface area contributed by atoms with Crippen LogP contribution in [0, 0.1) is 5.92 Å². The average Bonchev–Trinajstić information content (AvgIpc) is 2.88. The Kier molecular flexibility index (Phi) is 28.3. The van der Waals surface area contributed by atoms with Crippen molar-refractivity contribution in [1.29, 1.82) is 0 Å². The van der Waals surface area contributed by atoms with Crippen LogP contribution in [0.2, 0.25) is 0 Å². The lowest BCUT2D eigenvalue weighted by Gasteiger charge is -2.23. The van der Waals surface area contributed by atoms with Gasteiger partial charge >= 0.3 is 7.60 Å². The highest BCUT2D eigenvalue weighted by Gasteiger charge is 2.28. The van der Waals surface area contributed by atoms with Gasteiger partial charge in [0, 0.05) is 0 Å². The zero-order valence-electron chi connectivity index (χ0n) is 25.3. The molecule has 1 unspecified atom stereocenters. The summed E-state index contributed by atoms with van der Waals surface area (Å²) in [5.74, 6) is 0.455. The molecule has 0 bridgehead atoms. The van der Waals surface area contributed by atoms with E-state index in [0.717, 1.165) is 25.7 Å². The van der Waals surface area contributed by atoms with E-state index in [4.69, 9.17) is 9.05 Å². The van der Waals surface area contributed by atoms with Gasteiger partial charge in [-0.3, -0.25) is 4.57 Å². The lowest BCUT2D eigenvalue weighted by atomic mass is 10.0. The van der Waals surface area contributed by atoms with Gasteiger partial charge in [0.05, 0.1) is 19.4 Å². The largest absolute Gasteiger partial charge is 0.330 e. The van der Waals surface area contributed by atoms with E-state index in [1.165, 1.54) is 128 Å². The highest BCUT2D eigenvalue weighted by molar-refractivity contribution is 7.53. The molecule has 0 amide bonds. The zero-order valence-corrected chi connectivity index (χ0v) is 26.2. The summed E-state index contributed by atoms with van der Waals surface area (Å²) in [6, 6.07) is 0. The van der Waals surface area contributed by atoms with Crippen LogP contribution in [0.4, 0.5) is 0 Å². The minimum atomic E-state index is -2.99. The first-order valence-electron chi connectivity index (χ1n) is 16.5. The van der Waals surface area contributed by atoms with Crippen LogP contribution >= 0.6 is 7.60 Å². The maximum absolute atomic E-state index is 13.6. The molecule has 0 aliphatic carbocycles. The van der Waals surface area contributed by atoms with E-state index in [1.54, 1.807) is 0 Å². The Bertz CT molecular complexity index is 438. The molecule has 36 heavy (non-hydrogen) atoms. The van der Waals surface area contributed by atoms with Crippen molar-refractivity contribution in [2.75, 3.05) is 19.4 Å². The predicted octanol–water partition coefficient (Wildman–Crippen LogP) is 12.3. The summed E-state index contributed by atoms with van der Waals surface area (Å²) in [5.41, 5.74) is 0. The Morgan fingerprint density at radius 1 is 0.472 bits per heavy atom. The smallest absolute Gasteiger partial charge is 0.309 e. The van der Waals surface area contributed by atoms with E-state index in [0.29, 0.717) is 25.3 Å². The molecule has 0 aromatic rings. The van der Waals surface area contributed by atoms with E-state index in [-0.39, 0.29) is 0 Å². The molecular formula is C32H67O3P. The van der Waals surface area contributed by atoms with E-state index in [2.05, 4.69) is 27.7 Å². The molecule has 0 spiro atoms. The van der Waals surface area contributed by atoms with Crippen molar-refractivity contribution in [3.8, 4) is 0 Å². The van der Waals surface area contributed by atoms with Gasteiger partial charge in [-0.15, -0.1) is 0 Å². The summed E-state index contributed by atoms with van der Waals surface area (Å²) in [5, 5.41) is 0. The van der Waals surface area contributed by atoms with Gasteiger partial charge in [-0.2, -0.15) is 0 Å². The number of hydrogen-bond acceptors (Lipinski definition) is 3. The van der Waals surface area contributed by atoms with E-state index in [1.807, 2.05) is 0 Å². The fraction of sp³-hybridized carbons (Fsp3) is 1.00. The molecule has 0 saturated heterocycles. The molecule has 0 radical (unpaired) electrons. The molecule has 4 heteroatoms. The van der Waals surface area contributed by atoms with Gasteiger partial charge in [0.25, 0.3) is 0 Å². The molecule has 0 N–H and O–H groups in total. The second kappa shape index (κ2) is 28.2. The van der Waals surface area contributed by atoms with Crippen molar-refractivity contribution in [2.45, 2.75) is 182 Å². The SMILES string of the molecule is CCCCCCCCCCCCOP(=O)(CC(CC)CCCC)OCCCCCCCCCCCC. The summed E-state index contributed by atoms with van der Waals surface area (Å²) in [4.78, 5) is 0. The van der Waals surface area contributed by atoms with Crippen molar-refractivity contribution < 1.29 is 13.6 Å². The fourth-order valence-corrected chi connectivity index (χ4v) is 7.14. The Morgan fingerprint density at radius 3 is 1.14 bits per heavy atom. The van der Waals surface area contributed by atoms with Crippen LogP contribution in [0.3, 0.4) is 0 Å². The molecule has 0 rings (SSSR count). The van der Waals surface area contributed by atoms with Gasteiger partial charge in [-0.25, -0.2) is 0 Å². The normalized spacial score (nSPS) is 12.9. The zero-order chi connectivity index (χ0) is 26.6. The number of unbranched alkanes of at least 4 members (excludes halogenated alkanes) is 19. The Labute approximate surface area is 228 Å². The van der Waals surface area contributed by atoms with Crippen LogP contribution in [0.1, 0.15) is 182 Å². The van der Waals surface area contributed by atoms with Crippen molar-refractivity contribution in [3.63, 3.8) is 0 Å². The van der Waals surface area contributed by atoms with Crippen LogP contribution in [0.5, 0.6) is 0 Å². The third-order valence-electron chi connectivity index (χ3n) is 7.60. The highest BCUT2D eigenvalue weighted by Crippen LogP contribution is 2.51. The molecule has 0 aliphatic rings. The first-order chi connectivity index (χ1) is 17.6. The molecule has 0 aromatic heterocycles. The summed E-state index contributed by atoms with van der Waals surface area (Å²) < 4.78 is 25.7. The van der Waals surface area contributed by atoms with Crippen LogP contribution in [-0.4, -0.2) is 19.4 Å². The average molecular weight is 531 g/mol. The first kappa shape index (κ1) is 36.1. The molecule has 0 fully saturated rings. The van der Waals surface area contributed by atoms with Crippen molar-refractivity contribution in [2.24, 2.45) is 5.92 Å². The van der Waals surface area contributed by atoms with Gasteiger partial charge < -0.3 is 9.05 Å². The fourth-order valence-electron chi connectivity index (χ4n) is 4.96. The second-order valence-corrected chi connectivity index (χ2v) is 13.3. The third-order valence-corrected chi connectivity index (χ3v) is 9.71. The van der Waals surface area contributed by atoms with Gasteiger partial charge in [0.15, 0.2) is 0 Å². The summed E-state index contributed by atoms with van der Waals surface area (Å²) >= 11 is 0. The molecule has 0 saturated carbocycles. The number of hydrogen-bond donors (Lipinski definition) is 0. The molecule has 0 heterocycles. The van der Waals surface area contributed by atoms with Crippen LogP contribution < -0.4 is 0 Å². The lowest BCUT2D eigenvalue weighted by Crippen LogP contribution is -2.11. The molecule has 1 atom stereocenters. The topological polar surface area (TPSA) is 35.5 Å². The van der Waals surface area contributed by atoms with Gasteiger partial charge in [-0.1, -0.05) is 163 Å². The quantitative estimate of drug-likeness (QED) is 0.0684. The van der Waals surface area contributed by atoms with E-state index in [9.17, 15) is 4.57 Å². The summed E-state index contributed by atoms with van der Waals surface area (Å²) in [7, 11) is -2.99. The lowest BCUT2D eigenvalue weighted by molar-refractivity contribution is 0.193. The van der Waals surface area contributed by atoms with Crippen molar-refractivity contribution in [3.05, 3.63) is 0 Å². The predicted molar refractivity (Wildman–Crippen MR) is 161 cm³/mol. The first-order valence-corrected chi connectivity index (χ1v) is 18.2. The van der Waals surface area contributed by atoms with Crippen molar-refractivity contribution >= 4 is 7.60 Å². The maximum atomic E-state index is 13.6. The summed E-state index contributed by atoms with van der Waals surface area (Å²) in [6.07, 6.45) is 31.3. The van der Waals surface area contributed by atoms with E-state index < -0.39 is 7.60 Å². The minimum absolute atomic E-state index is 0.455. The Hall–Kier alpha value is 0.150. The van der Waals surface area contributed by atoms with Crippen LogP contribution in [-0.2, 0) is 13.6 Å². The number of rotatable bonds is 30. The van der Waals surface area contributed by atoms with E-state index >= 15 is 0 Å². The van der Waals surface area contributed by atoms with Gasteiger partial charge in [0.2, 0.25) is 0 Å². The molecule has 3 nitrogen and oxygen atoms in total. The standard InChI is InChI=1S/C32H67O3P/c1-5-9-12-14-16-18-20-22-24-26-29-34-36(33,31-32(8-4)28-11-7-3)35-30-27-25-23-21-19-17-15-13-10-6-2/h32H,5-31H2,1-4H3. The molecular weight excluding hydrogens is 463 g/mol. The third kappa shape index (κ3) is 24.5. The van der Waals surface area contributed by atoms with Gasteiger partial charge in [0.1, 0.15) is 0 Å². The van der Waals surface area contributed by atoms with Crippen LogP contribution in [0.25, 0.3) is 0 Å². The minimum Gasteiger partial charge on any atom is -0.309 e. The summed E-state index contributed by atoms with van der Waals surface area (Å²) in [6.45, 7) is 10.2. The molecule has 0 aromatic carbocycles. The highest BCUT2D eigenvalue weighted by atomic mass is 31.2. The molecule has 218 valence electrons. The molecule has 0 aliphatic heterocycles.